The maximum absolute atomic E-state index is 9.57. The zero-order valence-electron chi connectivity index (χ0n) is 13.7. The normalized spacial score (nSPS) is 21.4. The molecule has 0 aliphatic heterocycles. The summed E-state index contributed by atoms with van der Waals surface area (Å²) in [5.74, 6) is 1.88. The molecule has 0 heterocycles. The average molecular weight is 449 g/mol. The summed E-state index contributed by atoms with van der Waals surface area (Å²) in [6.07, 6.45) is 3.70. The predicted octanol–water partition coefficient (Wildman–Crippen LogP) is 3.26. The van der Waals surface area contributed by atoms with Gasteiger partial charge in [0.05, 0.1) is 12.6 Å². The van der Waals surface area contributed by atoms with E-state index in [0.29, 0.717) is 6.04 Å². The number of aliphatic hydroxyl groups excluding tert-OH is 1. The smallest absolute Gasteiger partial charge is 0.191 e. The monoisotopic (exact) mass is 449 g/mol. The number of thioether (sulfide) groups is 1. The lowest BCUT2D eigenvalue weighted by Gasteiger charge is -2.27. The largest absolute Gasteiger partial charge is 0.393 e. The van der Waals surface area contributed by atoms with Gasteiger partial charge in [-0.25, -0.2) is 0 Å². The van der Waals surface area contributed by atoms with Gasteiger partial charge in [0.15, 0.2) is 5.96 Å². The highest BCUT2D eigenvalue weighted by Crippen LogP contribution is 2.18. The summed E-state index contributed by atoms with van der Waals surface area (Å²) in [7, 11) is 0. The molecule has 3 N–H and O–H groups in total. The topological polar surface area (TPSA) is 56.7 Å². The number of aliphatic imine (C=N–C) groups is 1. The number of guanidine groups is 1. The van der Waals surface area contributed by atoms with Crippen LogP contribution in [0.2, 0.25) is 0 Å². The molecule has 1 aromatic rings. The Hall–Kier alpha value is -0.470. The molecule has 23 heavy (non-hydrogen) atoms. The van der Waals surface area contributed by atoms with Crippen molar-refractivity contribution >= 4 is 41.7 Å². The molecule has 1 fully saturated rings. The van der Waals surface area contributed by atoms with Gasteiger partial charge in [-0.15, -0.1) is 35.7 Å². The molecule has 0 saturated heterocycles. The Morgan fingerprint density at radius 2 is 1.91 bits per heavy atom. The van der Waals surface area contributed by atoms with Crippen LogP contribution >= 0.6 is 35.7 Å². The summed E-state index contributed by atoms with van der Waals surface area (Å²) in [5, 5.41) is 16.4. The van der Waals surface area contributed by atoms with Crippen molar-refractivity contribution in [3.05, 3.63) is 30.3 Å². The fourth-order valence-electron chi connectivity index (χ4n) is 2.57. The first-order chi connectivity index (χ1) is 10.8. The quantitative estimate of drug-likeness (QED) is 0.205. The molecular formula is C17H28IN3OS. The van der Waals surface area contributed by atoms with Gasteiger partial charge in [-0.2, -0.15) is 0 Å². The van der Waals surface area contributed by atoms with Gasteiger partial charge >= 0.3 is 0 Å². The number of benzene rings is 1. The van der Waals surface area contributed by atoms with E-state index in [2.05, 4.69) is 46.8 Å². The summed E-state index contributed by atoms with van der Waals surface area (Å²) in [6.45, 7) is 3.75. The second-order valence-corrected chi connectivity index (χ2v) is 6.74. The van der Waals surface area contributed by atoms with Crippen LogP contribution in [-0.4, -0.2) is 42.1 Å². The molecule has 130 valence electrons. The van der Waals surface area contributed by atoms with Gasteiger partial charge in [0, 0.05) is 23.2 Å². The Morgan fingerprint density at radius 3 is 2.57 bits per heavy atom. The van der Waals surface area contributed by atoms with Crippen LogP contribution in [0.5, 0.6) is 0 Å². The fourth-order valence-corrected chi connectivity index (χ4v) is 3.34. The van der Waals surface area contributed by atoms with E-state index in [-0.39, 0.29) is 30.1 Å². The Bertz CT molecular complexity index is 450. The van der Waals surface area contributed by atoms with Crippen molar-refractivity contribution in [2.75, 3.05) is 18.8 Å². The summed E-state index contributed by atoms with van der Waals surface area (Å²) in [5.41, 5.74) is 0. The molecule has 2 rings (SSSR count). The Labute approximate surface area is 160 Å². The zero-order chi connectivity index (χ0) is 15.6. The molecule has 0 amide bonds. The van der Waals surface area contributed by atoms with Gasteiger partial charge in [-0.05, 0) is 44.7 Å². The standard InChI is InChI=1S/C17H27N3OS.HI/c1-2-18-17(20-14-8-10-15(21)11-9-14)19-12-13-22-16-6-4-3-5-7-16;/h3-7,14-15,21H,2,8-13H2,1H3,(H2,18,19,20);1H. The minimum Gasteiger partial charge on any atom is -0.393 e. The lowest BCUT2D eigenvalue weighted by atomic mass is 9.93. The highest BCUT2D eigenvalue weighted by Gasteiger charge is 2.19. The summed E-state index contributed by atoms with van der Waals surface area (Å²) >= 11 is 1.83. The molecule has 0 radical (unpaired) electrons. The number of hydrogen-bond acceptors (Lipinski definition) is 3. The predicted molar refractivity (Wildman–Crippen MR) is 110 cm³/mol. The van der Waals surface area contributed by atoms with E-state index >= 15 is 0 Å². The van der Waals surface area contributed by atoms with Gasteiger partial charge in [-0.3, -0.25) is 4.99 Å². The molecule has 1 aromatic carbocycles. The van der Waals surface area contributed by atoms with Crippen LogP contribution in [0.15, 0.2) is 40.2 Å². The van der Waals surface area contributed by atoms with Crippen molar-refractivity contribution in [1.29, 1.82) is 0 Å². The van der Waals surface area contributed by atoms with Crippen molar-refractivity contribution in [3.63, 3.8) is 0 Å². The van der Waals surface area contributed by atoms with E-state index in [0.717, 1.165) is 50.5 Å². The number of nitrogens with zero attached hydrogens (tertiary/aromatic N) is 1. The van der Waals surface area contributed by atoms with Crippen LogP contribution in [0.3, 0.4) is 0 Å². The minimum atomic E-state index is -0.111. The highest BCUT2D eigenvalue weighted by molar-refractivity contribution is 14.0. The van der Waals surface area contributed by atoms with Crippen LogP contribution in [0.4, 0.5) is 0 Å². The van der Waals surface area contributed by atoms with Crippen molar-refractivity contribution in [2.24, 2.45) is 4.99 Å². The van der Waals surface area contributed by atoms with Gasteiger partial charge in [0.1, 0.15) is 0 Å². The molecule has 1 saturated carbocycles. The molecule has 0 atom stereocenters. The van der Waals surface area contributed by atoms with E-state index in [4.69, 9.17) is 0 Å². The lowest BCUT2D eigenvalue weighted by molar-refractivity contribution is 0.120. The molecule has 0 aromatic heterocycles. The molecule has 0 bridgehead atoms. The number of halogens is 1. The van der Waals surface area contributed by atoms with Gasteiger partial charge < -0.3 is 15.7 Å². The SMILES string of the molecule is CCNC(=NCCSc1ccccc1)NC1CCC(O)CC1.I. The summed E-state index contributed by atoms with van der Waals surface area (Å²) in [6, 6.07) is 10.9. The van der Waals surface area contributed by atoms with Gasteiger partial charge in [0.2, 0.25) is 0 Å². The Morgan fingerprint density at radius 1 is 1.22 bits per heavy atom. The zero-order valence-corrected chi connectivity index (χ0v) is 16.8. The highest BCUT2D eigenvalue weighted by atomic mass is 127. The van der Waals surface area contributed by atoms with E-state index < -0.39 is 0 Å². The summed E-state index contributed by atoms with van der Waals surface area (Å²) in [4.78, 5) is 5.94. The van der Waals surface area contributed by atoms with Crippen LogP contribution in [0.1, 0.15) is 32.6 Å². The van der Waals surface area contributed by atoms with Crippen molar-refractivity contribution in [3.8, 4) is 0 Å². The van der Waals surface area contributed by atoms with Crippen molar-refractivity contribution < 1.29 is 5.11 Å². The third-order valence-electron chi connectivity index (χ3n) is 3.75. The first kappa shape index (κ1) is 20.6. The maximum Gasteiger partial charge on any atom is 0.191 e. The van der Waals surface area contributed by atoms with Gasteiger partial charge in [0.25, 0.3) is 0 Å². The number of rotatable bonds is 6. The van der Waals surface area contributed by atoms with Crippen molar-refractivity contribution in [1.82, 2.24) is 10.6 Å². The first-order valence-electron chi connectivity index (χ1n) is 8.18. The van der Waals surface area contributed by atoms with E-state index in [1.54, 1.807) is 0 Å². The number of aliphatic hydroxyl groups is 1. The number of hydrogen-bond donors (Lipinski definition) is 3. The number of nitrogens with one attached hydrogen (secondary N) is 2. The molecular weight excluding hydrogens is 421 g/mol. The van der Waals surface area contributed by atoms with E-state index in [1.807, 2.05) is 17.8 Å². The maximum atomic E-state index is 9.57. The average Bonchev–Trinajstić information content (AvgIpc) is 2.55. The van der Waals surface area contributed by atoms with Crippen LogP contribution in [0.25, 0.3) is 0 Å². The Kier molecular flexibility index (Phi) is 10.7. The second-order valence-electron chi connectivity index (χ2n) is 5.57. The van der Waals surface area contributed by atoms with Crippen LogP contribution < -0.4 is 10.6 Å². The minimum absolute atomic E-state index is 0. The third kappa shape index (κ3) is 8.26. The first-order valence-corrected chi connectivity index (χ1v) is 9.17. The van der Waals surface area contributed by atoms with Crippen LogP contribution in [0, 0.1) is 0 Å². The molecule has 6 heteroatoms. The van der Waals surface area contributed by atoms with E-state index in [9.17, 15) is 5.11 Å². The van der Waals surface area contributed by atoms with Crippen LogP contribution in [-0.2, 0) is 0 Å². The fraction of sp³-hybridized carbons (Fsp3) is 0.588. The molecule has 4 nitrogen and oxygen atoms in total. The molecule has 1 aliphatic rings. The third-order valence-corrected chi connectivity index (χ3v) is 4.75. The van der Waals surface area contributed by atoms with Crippen molar-refractivity contribution in [2.45, 2.75) is 49.6 Å². The van der Waals surface area contributed by atoms with Gasteiger partial charge in [-0.1, -0.05) is 18.2 Å². The summed E-state index contributed by atoms with van der Waals surface area (Å²) < 4.78 is 0. The molecule has 0 unspecified atom stereocenters. The lowest BCUT2D eigenvalue weighted by Crippen LogP contribution is -2.45. The van der Waals surface area contributed by atoms with E-state index in [1.165, 1.54) is 4.90 Å². The Balaban J connectivity index is 0.00000264. The molecule has 1 aliphatic carbocycles. The second kappa shape index (κ2) is 12.0. The molecule has 0 spiro atoms.